The molecule has 0 aliphatic rings. The summed E-state index contributed by atoms with van der Waals surface area (Å²) in [4.78, 5) is 53.2. The third-order valence-corrected chi connectivity index (χ3v) is 6.38. The first-order valence-corrected chi connectivity index (χ1v) is 12.0. The van der Waals surface area contributed by atoms with E-state index >= 15 is 0 Å². The Labute approximate surface area is 218 Å². The highest BCUT2D eigenvalue weighted by atomic mass is 35.5. The number of hydrazine groups is 1. The number of carboxylic acid groups (broad SMARTS) is 1. The third kappa shape index (κ3) is 7.46. The summed E-state index contributed by atoms with van der Waals surface area (Å²) in [5, 5.41) is 23.0. The minimum Gasteiger partial charge on any atom is -0.508 e. The van der Waals surface area contributed by atoms with Crippen molar-refractivity contribution in [2.45, 2.75) is 50.7 Å². The number of carboxylic acids is 1. The molecule has 0 radical (unpaired) electrons. The van der Waals surface area contributed by atoms with Crippen molar-refractivity contribution in [2.24, 2.45) is 5.84 Å². The molecule has 0 aliphatic carbocycles. The quantitative estimate of drug-likeness (QED) is 0.104. The number of nitrogens with two attached hydrogens (primary N) is 1. The SMILES string of the molecule is CC(=O)[C@H](Cc1c[nH]c2cc(Cl)ccc12)N[C@@H](CCC(=O)O)C(=O)C(=O)[C@H](Cc1ccc(O)cc1)NN. The Morgan fingerprint density at radius 3 is 2.30 bits per heavy atom. The van der Waals surface area contributed by atoms with Gasteiger partial charge in [-0.3, -0.25) is 30.3 Å². The number of aliphatic carboxylic acids is 1. The number of phenolic OH excluding ortho intramolecular Hbond substituents is 1. The van der Waals surface area contributed by atoms with Gasteiger partial charge in [-0.05, 0) is 61.6 Å². The number of H-pyrrole nitrogens is 1. The molecule has 0 saturated carbocycles. The molecular formula is C26H29ClN4O6. The van der Waals surface area contributed by atoms with Gasteiger partial charge in [0.15, 0.2) is 0 Å². The molecule has 1 heterocycles. The number of aromatic hydroxyl groups is 1. The molecule has 0 spiro atoms. The monoisotopic (exact) mass is 528 g/mol. The van der Waals surface area contributed by atoms with Crippen LogP contribution in [-0.2, 0) is 32.0 Å². The first kappa shape index (κ1) is 28.0. The van der Waals surface area contributed by atoms with Crippen LogP contribution in [0.3, 0.4) is 0 Å². The number of fused-ring (bicyclic) bond motifs is 1. The van der Waals surface area contributed by atoms with Crippen LogP contribution in [-0.4, -0.2) is 56.6 Å². The Hall–Kier alpha value is -3.57. The number of nitrogens with one attached hydrogen (secondary N) is 3. The summed E-state index contributed by atoms with van der Waals surface area (Å²) in [6.07, 6.45) is 1.44. The van der Waals surface area contributed by atoms with Crippen LogP contribution in [0.1, 0.15) is 30.9 Å². The number of phenols is 1. The average molecular weight is 529 g/mol. The second-order valence-corrected chi connectivity index (χ2v) is 9.28. The second-order valence-electron chi connectivity index (χ2n) is 8.84. The Morgan fingerprint density at radius 2 is 1.68 bits per heavy atom. The highest BCUT2D eigenvalue weighted by Gasteiger charge is 2.33. The van der Waals surface area contributed by atoms with Crippen LogP contribution in [0.5, 0.6) is 5.75 Å². The summed E-state index contributed by atoms with van der Waals surface area (Å²) in [5.74, 6) is 2.47. The van der Waals surface area contributed by atoms with E-state index in [4.69, 9.17) is 17.4 Å². The molecule has 0 unspecified atom stereocenters. The highest BCUT2D eigenvalue weighted by molar-refractivity contribution is 6.41. The van der Waals surface area contributed by atoms with Gasteiger partial charge in [0.05, 0.1) is 18.1 Å². The summed E-state index contributed by atoms with van der Waals surface area (Å²) in [7, 11) is 0. The maximum absolute atomic E-state index is 13.2. The number of hydrogen-bond donors (Lipinski definition) is 6. The largest absolute Gasteiger partial charge is 0.508 e. The van der Waals surface area contributed by atoms with Crippen LogP contribution in [0.4, 0.5) is 0 Å². The van der Waals surface area contributed by atoms with Crippen molar-refractivity contribution < 1.29 is 29.4 Å². The molecule has 11 heteroatoms. The Kier molecular flexibility index (Phi) is 9.54. The number of ketones is 3. The standard InChI is InChI=1S/C26H29ClN4O6/c1-14(32)21(11-16-13-29-22-12-17(27)4-7-19(16)22)30-20(8-9-24(34)35)25(36)26(37)23(31-28)10-15-2-5-18(33)6-3-15/h2-7,12-13,20-21,23,29-31,33H,8-11,28H2,1H3,(H,34,35)/t20-,21-,23-/m0/s1. The van der Waals surface area contributed by atoms with Gasteiger partial charge in [-0.2, -0.15) is 0 Å². The van der Waals surface area contributed by atoms with E-state index in [1.807, 2.05) is 6.07 Å². The molecule has 0 aliphatic heterocycles. The van der Waals surface area contributed by atoms with E-state index in [1.54, 1.807) is 30.5 Å². The zero-order valence-electron chi connectivity index (χ0n) is 20.2. The molecule has 196 valence electrons. The summed E-state index contributed by atoms with van der Waals surface area (Å²) < 4.78 is 0. The van der Waals surface area contributed by atoms with Gasteiger partial charge in [0.25, 0.3) is 0 Å². The molecule has 1 aromatic heterocycles. The molecule has 2 aromatic carbocycles. The van der Waals surface area contributed by atoms with Gasteiger partial charge < -0.3 is 15.2 Å². The fraction of sp³-hybridized carbons (Fsp3) is 0.308. The molecule has 3 rings (SSSR count). The predicted molar refractivity (Wildman–Crippen MR) is 138 cm³/mol. The van der Waals surface area contributed by atoms with Crippen molar-refractivity contribution in [3.8, 4) is 5.75 Å². The molecule has 0 fully saturated rings. The number of benzene rings is 2. The lowest BCUT2D eigenvalue weighted by atomic mass is 9.93. The van der Waals surface area contributed by atoms with Gasteiger partial charge in [0.1, 0.15) is 11.5 Å². The molecule has 0 bridgehead atoms. The number of carbonyl (C=O) groups excluding carboxylic acids is 3. The second kappa shape index (κ2) is 12.6. The maximum Gasteiger partial charge on any atom is 0.303 e. The summed E-state index contributed by atoms with van der Waals surface area (Å²) in [5.41, 5.74) is 4.57. The first-order chi connectivity index (χ1) is 17.6. The fourth-order valence-corrected chi connectivity index (χ4v) is 4.28. The normalized spacial score (nSPS) is 13.7. The summed E-state index contributed by atoms with van der Waals surface area (Å²) in [6, 6.07) is 8.23. The van der Waals surface area contributed by atoms with Gasteiger partial charge in [-0.15, -0.1) is 0 Å². The number of Topliss-reactive ketones (excluding diaryl/α,β-unsaturated/α-hetero) is 3. The minimum absolute atomic E-state index is 0.0509. The zero-order valence-corrected chi connectivity index (χ0v) is 20.9. The van der Waals surface area contributed by atoms with Gasteiger partial charge in [0, 0.05) is 28.5 Å². The lowest BCUT2D eigenvalue weighted by molar-refractivity contribution is -0.140. The molecule has 37 heavy (non-hydrogen) atoms. The molecule has 7 N–H and O–H groups in total. The lowest BCUT2D eigenvalue weighted by Gasteiger charge is -2.24. The average Bonchev–Trinajstić information content (AvgIpc) is 3.25. The molecule has 10 nitrogen and oxygen atoms in total. The third-order valence-electron chi connectivity index (χ3n) is 6.15. The van der Waals surface area contributed by atoms with E-state index in [0.717, 1.165) is 16.5 Å². The number of halogens is 1. The molecule has 0 amide bonds. The van der Waals surface area contributed by atoms with Crippen molar-refractivity contribution in [1.82, 2.24) is 15.7 Å². The van der Waals surface area contributed by atoms with Gasteiger partial charge in [-0.25, -0.2) is 5.43 Å². The van der Waals surface area contributed by atoms with E-state index < -0.39 is 35.7 Å². The van der Waals surface area contributed by atoms with Crippen LogP contribution in [0.2, 0.25) is 5.02 Å². The van der Waals surface area contributed by atoms with Gasteiger partial charge in [-0.1, -0.05) is 29.8 Å². The highest BCUT2D eigenvalue weighted by Crippen LogP contribution is 2.23. The van der Waals surface area contributed by atoms with E-state index in [0.29, 0.717) is 10.6 Å². The summed E-state index contributed by atoms with van der Waals surface area (Å²) in [6.45, 7) is 1.36. The maximum atomic E-state index is 13.2. The lowest BCUT2D eigenvalue weighted by Crippen LogP contribution is -2.54. The molecular weight excluding hydrogens is 500 g/mol. The van der Waals surface area contributed by atoms with E-state index in [2.05, 4.69) is 15.7 Å². The Balaban J connectivity index is 1.80. The van der Waals surface area contributed by atoms with E-state index in [1.165, 1.54) is 19.1 Å². The Morgan fingerprint density at radius 1 is 1.00 bits per heavy atom. The number of rotatable bonds is 14. The predicted octanol–water partition coefficient (Wildman–Crippen LogP) is 2.06. The minimum atomic E-state index is -1.21. The Bertz CT molecular complexity index is 1290. The van der Waals surface area contributed by atoms with Crippen molar-refractivity contribution in [1.29, 1.82) is 0 Å². The van der Waals surface area contributed by atoms with Crippen molar-refractivity contribution in [2.75, 3.05) is 0 Å². The van der Waals surface area contributed by atoms with Crippen LogP contribution in [0.15, 0.2) is 48.7 Å². The van der Waals surface area contributed by atoms with Gasteiger partial charge >= 0.3 is 5.97 Å². The zero-order chi connectivity index (χ0) is 27.1. The topological polar surface area (TPSA) is 175 Å². The van der Waals surface area contributed by atoms with Crippen LogP contribution in [0, 0.1) is 0 Å². The van der Waals surface area contributed by atoms with Crippen molar-refractivity contribution in [3.05, 3.63) is 64.8 Å². The first-order valence-electron chi connectivity index (χ1n) is 11.6. The molecule has 3 aromatic rings. The number of hydrogen-bond acceptors (Lipinski definition) is 8. The van der Waals surface area contributed by atoms with Crippen LogP contribution < -0.4 is 16.6 Å². The number of carbonyl (C=O) groups is 4. The number of aromatic nitrogens is 1. The van der Waals surface area contributed by atoms with Crippen LogP contribution >= 0.6 is 11.6 Å². The van der Waals surface area contributed by atoms with Crippen molar-refractivity contribution in [3.63, 3.8) is 0 Å². The molecule has 3 atom stereocenters. The van der Waals surface area contributed by atoms with Crippen LogP contribution in [0.25, 0.3) is 10.9 Å². The molecule has 0 saturated heterocycles. The van der Waals surface area contributed by atoms with E-state index in [9.17, 15) is 29.4 Å². The van der Waals surface area contributed by atoms with Gasteiger partial charge in [0.2, 0.25) is 11.6 Å². The fourth-order valence-electron chi connectivity index (χ4n) is 4.11. The summed E-state index contributed by atoms with van der Waals surface area (Å²) >= 11 is 6.04. The number of aromatic amines is 1. The van der Waals surface area contributed by atoms with Crippen molar-refractivity contribution >= 4 is 45.8 Å². The van der Waals surface area contributed by atoms with E-state index in [-0.39, 0.29) is 37.2 Å². The smallest absolute Gasteiger partial charge is 0.303 e.